The van der Waals surface area contributed by atoms with Crippen molar-refractivity contribution in [2.24, 2.45) is 10.1 Å². The third-order valence-corrected chi connectivity index (χ3v) is 7.10. The average molecular weight is 528 g/mol. The van der Waals surface area contributed by atoms with E-state index in [1.54, 1.807) is 16.8 Å². The number of nitro benzene ring substituents is 1. The van der Waals surface area contributed by atoms with Crippen LogP contribution in [0.4, 0.5) is 11.4 Å². The maximum absolute atomic E-state index is 11.8. The van der Waals surface area contributed by atoms with Gasteiger partial charge in [0.2, 0.25) is 10.6 Å². The zero-order valence-electron chi connectivity index (χ0n) is 19.0. The van der Waals surface area contributed by atoms with Gasteiger partial charge in [-0.1, -0.05) is 30.9 Å². The molecule has 2 heterocycles. The van der Waals surface area contributed by atoms with Crippen LogP contribution in [0, 0.1) is 10.1 Å². The van der Waals surface area contributed by atoms with E-state index in [0.717, 1.165) is 37.3 Å². The van der Waals surface area contributed by atoms with Crippen molar-refractivity contribution in [1.29, 1.82) is 0 Å². The number of halogens is 1. The Morgan fingerprint density at radius 3 is 2.83 bits per heavy atom. The summed E-state index contributed by atoms with van der Waals surface area (Å²) < 4.78 is 7.10. The molecule has 2 aromatic carbocycles. The number of nitrogens with one attached hydrogen (secondary N) is 1. The third kappa shape index (κ3) is 4.98. The molecule has 1 amide bonds. The van der Waals surface area contributed by atoms with E-state index in [-0.39, 0.29) is 29.1 Å². The first-order valence-electron chi connectivity index (χ1n) is 11.4. The molecule has 1 aromatic heterocycles. The summed E-state index contributed by atoms with van der Waals surface area (Å²) in [7, 11) is 0. The van der Waals surface area contributed by atoms with E-state index in [1.165, 1.54) is 30.0 Å². The topological polar surface area (TPSA) is 131 Å². The number of amides is 1. The molecule has 10 nitrogen and oxygen atoms in total. The zero-order valence-corrected chi connectivity index (χ0v) is 20.6. The van der Waals surface area contributed by atoms with Gasteiger partial charge in [-0.25, -0.2) is 4.68 Å². The molecule has 1 aliphatic heterocycles. The second-order valence-corrected chi connectivity index (χ2v) is 9.82. The van der Waals surface area contributed by atoms with Crippen LogP contribution in [0.2, 0.25) is 5.02 Å². The summed E-state index contributed by atoms with van der Waals surface area (Å²) in [6.45, 7) is -0.0330. The highest BCUT2D eigenvalue weighted by Gasteiger charge is 2.20. The van der Waals surface area contributed by atoms with Crippen LogP contribution >= 0.6 is 22.9 Å². The quantitative estimate of drug-likeness (QED) is 0.276. The lowest BCUT2D eigenvalue weighted by Gasteiger charge is -2.18. The Kier molecular flexibility index (Phi) is 6.75. The SMILES string of the molecule is O=C1COc2ccc(-c3csc(=NC4CCCCC4)n3N=Cc3cc(Cl)cc([N+](=O)[O-])c3O)cc2N1. The Balaban J connectivity index is 1.61. The highest BCUT2D eigenvalue weighted by molar-refractivity contribution is 7.07. The van der Waals surface area contributed by atoms with E-state index < -0.39 is 16.4 Å². The van der Waals surface area contributed by atoms with Gasteiger partial charge in [0.1, 0.15) is 5.75 Å². The second kappa shape index (κ2) is 10.1. The fourth-order valence-electron chi connectivity index (χ4n) is 4.27. The molecule has 2 aliphatic rings. The van der Waals surface area contributed by atoms with Gasteiger partial charge in [-0.15, -0.1) is 11.3 Å². The summed E-state index contributed by atoms with van der Waals surface area (Å²) in [5.41, 5.74) is 1.62. The summed E-state index contributed by atoms with van der Waals surface area (Å²) in [4.78, 5) is 28.0. The van der Waals surface area contributed by atoms with Crippen LogP contribution in [0.15, 0.2) is 45.8 Å². The number of rotatable bonds is 5. The van der Waals surface area contributed by atoms with Crippen molar-refractivity contribution in [3.63, 3.8) is 0 Å². The van der Waals surface area contributed by atoms with Crippen LogP contribution < -0.4 is 14.9 Å². The smallest absolute Gasteiger partial charge is 0.312 e. The van der Waals surface area contributed by atoms with Crippen LogP contribution in [0.5, 0.6) is 11.5 Å². The van der Waals surface area contributed by atoms with E-state index >= 15 is 0 Å². The van der Waals surface area contributed by atoms with Crippen LogP contribution in [-0.4, -0.2) is 39.5 Å². The summed E-state index contributed by atoms with van der Waals surface area (Å²) in [5.74, 6) is -0.182. The van der Waals surface area contributed by atoms with E-state index in [9.17, 15) is 20.0 Å². The number of fused-ring (bicyclic) bond motifs is 1. The zero-order chi connectivity index (χ0) is 25.2. The molecule has 186 valence electrons. The van der Waals surface area contributed by atoms with Crippen LogP contribution in [0.3, 0.4) is 0 Å². The Morgan fingerprint density at radius 1 is 1.25 bits per heavy atom. The molecule has 36 heavy (non-hydrogen) atoms. The maximum Gasteiger partial charge on any atom is 0.312 e. The number of aromatic hydroxyl groups is 1. The van der Waals surface area contributed by atoms with Gasteiger partial charge in [-0.05, 0) is 37.1 Å². The predicted octanol–water partition coefficient (Wildman–Crippen LogP) is 4.93. The lowest BCUT2D eigenvalue weighted by Crippen LogP contribution is -2.25. The minimum Gasteiger partial charge on any atom is -0.502 e. The normalized spacial score (nSPS) is 16.6. The molecular weight excluding hydrogens is 506 g/mol. The molecule has 12 heteroatoms. The highest BCUT2D eigenvalue weighted by atomic mass is 35.5. The van der Waals surface area contributed by atoms with E-state index in [4.69, 9.17) is 21.3 Å². The first-order chi connectivity index (χ1) is 17.4. The van der Waals surface area contributed by atoms with E-state index in [2.05, 4.69) is 10.4 Å². The molecule has 0 saturated heterocycles. The van der Waals surface area contributed by atoms with Gasteiger partial charge >= 0.3 is 5.69 Å². The molecule has 0 unspecified atom stereocenters. The monoisotopic (exact) mass is 527 g/mol. The molecule has 0 radical (unpaired) electrons. The average Bonchev–Trinajstić information content (AvgIpc) is 3.26. The minimum atomic E-state index is -0.699. The highest BCUT2D eigenvalue weighted by Crippen LogP contribution is 2.34. The largest absolute Gasteiger partial charge is 0.502 e. The van der Waals surface area contributed by atoms with Crippen molar-refractivity contribution < 1.29 is 19.6 Å². The summed E-state index contributed by atoms with van der Waals surface area (Å²) in [5, 5.41) is 31.1. The van der Waals surface area contributed by atoms with Crippen molar-refractivity contribution in [3.05, 3.63) is 61.2 Å². The minimum absolute atomic E-state index is 0.0330. The Morgan fingerprint density at radius 2 is 2.06 bits per heavy atom. The fraction of sp³-hybridized carbons (Fsp3) is 0.292. The van der Waals surface area contributed by atoms with E-state index in [0.29, 0.717) is 21.9 Å². The fourth-order valence-corrected chi connectivity index (χ4v) is 5.40. The van der Waals surface area contributed by atoms with Gasteiger partial charge in [-0.3, -0.25) is 19.9 Å². The van der Waals surface area contributed by atoms with Crippen molar-refractivity contribution >= 4 is 46.4 Å². The molecule has 1 saturated carbocycles. The van der Waals surface area contributed by atoms with Crippen molar-refractivity contribution in [2.75, 3.05) is 11.9 Å². The summed E-state index contributed by atoms with van der Waals surface area (Å²) >= 11 is 7.47. The number of nitrogens with zero attached hydrogens (tertiary/aromatic N) is 4. The van der Waals surface area contributed by atoms with Gasteiger partial charge in [-0.2, -0.15) is 5.10 Å². The molecule has 0 bridgehead atoms. The number of benzene rings is 2. The van der Waals surface area contributed by atoms with Crippen LogP contribution in [0.1, 0.15) is 37.7 Å². The summed E-state index contributed by atoms with van der Waals surface area (Å²) in [6, 6.07) is 8.11. The summed E-state index contributed by atoms with van der Waals surface area (Å²) in [6.07, 6.45) is 6.78. The van der Waals surface area contributed by atoms with Gasteiger partial charge < -0.3 is 15.2 Å². The number of carbonyl (C=O) groups is 1. The molecular formula is C24H22ClN5O5S. The number of phenolic OH excluding ortho intramolecular Hbond substituents is 1. The molecule has 0 atom stereocenters. The van der Waals surface area contributed by atoms with Gasteiger partial charge in [0, 0.05) is 27.6 Å². The number of aromatic nitrogens is 1. The van der Waals surface area contributed by atoms with Gasteiger partial charge in [0.15, 0.2) is 6.61 Å². The standard InChI is InChI=1S/C24H22ClN5O5S/c25-16-8-15(23(32)19(10-16)30(33)34)11-26-29-20(13-36-24(29)27-17-4-2-1-3-5-17)14-6-7-21-18(9-14)28-22(31)12-35-21/h6-11,13,17,32H,1-5,12H2,(H,28,31). The Labute approximate surface area is 214 Å². The number of hydrogen-bond acceptors (Lipinski definition) is 8. The van der Waals surface area contributed by atoms with Gasteiger partial charge in [0.25, 0.3) is 5.91 Å². The number of phenols is 1. The Bertz CT molecular complexity index is 1440. The second-order valence-electron chi connectivity index (χ2n) is 8.55. The molecule has 2 N–H and O–H groups in total. The van der Waals surface area contributed by atoms with Crippen molar-refractivity contribution in [1.82, 2.24) is 4.68 Å². The molecule has 1 aliphatic carbocycles. The molecule has 0 spiro atoms. The number of thiazole rings is 1. The van der Waals surface area contributed by atoms with Crippen molar-refractivity contribution in [3.8, 4) is 22.8 Å². The number of ether oxygens (including phenoxy) is 1. The number of anilines is 1. The molecule has 3 aromatic rings. The van der Waals surface area contributed by atoms with Crippen molar-refractivity contribution in [2.45, 2.75) is 38.1 Å². The number of hydrogen-bond donors (Lipinski definition) is 2. The number of carbonyl (C=O) groups excluding carboxylic acids is 1. The lowest BCUT2D eigenvalue weighted by atomic mass is 9.96. The first-order valence-corrected chi connectivity index (χ1v) is 12.7. The Hall–Kier alpha value is -3.70. The predicted molar refractivity (Wildman–Crippen MR) is 137 cm³/mol. The molecule has 1 fully saturated rings. The first kappa shape index (κ1) is 24.0. The van der Waals surface area contributed by atoms with Crippen LogP contribution in [0.25, 0.3) is 11.3 Å². The number of nitro groups is 1. The lowest BCUT2D eigenvalue weighted by molar-refractivity contribution is -0.385. The maximum atomic E-state index is 11.8. The van der Waals surface area contributed by atoms with Crippen LogP contribution in [-0.2, 0) is 4.79 Å². The van der Waals surface area contributed by atoms with E-state index in [1.807, 2.05) is 11.4 Å². The molecule has 5 rings (SSSR count). The van der Waals surface area contributed by atoms with Gasteiger partial charge in [0.05, 0.1) is 28.6 Å². The third-order valence-electron chi connectivity index (χ3n) is 6.05.